The Balaban J connectivity index is 2.21. The van der Waals surface area contributed by atoms with Crippen molar-refractivity contribution in [3.63, 3.8) is 0 Å². The molecule has 0 saturated carbocycles. The lowest BCUT2D eigenvalue weighted by Gasteiger charge is -2.16. The molecule has 1 aromatic rings. The van der Waals surface area contributed by atoms with Crippen molar-refractivity contribution in [3.05, 3.63) is 12.4 Å². The fourth-order valence-electron chi connectivity index (χ4n) is 1.33. The highest BCUT2D eigenvalue weighted by molar-refractivity contribution is 7.99. The molecule has 0 aliphatic carbocycles. The smallest absolute Gasteiger partial charge is 0.158 e. The molecule has 0 saturated heterocycles. The molecule has 4 nitrogen and oxygen atoms in total. The van der Waals surface area contributed by atoms with Crippen molar-refractivity contribution >= 4 is 11.8 Å². The molecule has 5 heteroatoms. The average molecular weight is 244 g/mol. The molecule has 0 fully saturated rings. The number of aryl methyl sites for hydroxylation is 1. The van der Waals surface area contributed by atoms with Gasteiger partial charge in [-0.05, 0) is 13.8 Å². The Labute approximate surface area is 101 Å². The molecule has 1 heterocycles. The molecule has 16 heavy (non-hydrogen) atoms. The van der Waals surface area contributed by atoms with Crippen molar-refractivity contribution in [2.75, 3.05) is 19.0 Å². The van der Waals surface area contributed by atoms with Crippen LogP contribution in [0.1, 0.15) is 20.3 Å². The van der Waals surface area contributed by atoms with E-state index in [1.54, 1.807) is 11.8 Å². The maximum absolute atomic E-state index is 5.47. The monoisotopic (exact) mass is 244 g/mol. The zero-order valence-corrected chi connectivity index (χ0v) is 11.0. The fraction of sp³-hybridized carbons (Fsp3) is 0.727. The maximum Gasteiger partial charge on any atom is 0.158 e. The van der Waals surface area contributed by atoms with E-state index in [9.17, 15) is 0 Å². The first-order chi connectivity index (χ1) is 7.76. The van der Waals surface area contributed by atoms with Gasteiger partial charge in [-0.1, -0.05) is 0 Å². The summed E-state index contributed by atoms with van der Waals surface area (Å²) in [6.07, 6.45) is 4.72. The number of nitrogens with zero attached hydrogens (tertiary/aromatic N) is 2. The van der Waals surface area contributed by atoms with Gasteiger partial charge in [0.1, 0.15) is 0 Å². The van der Waals surface area contributed by atoms with Crippen LogP contribution in [0.3, 0.4) is 0 Å². The maximum atomic E-state index is 5.47. The van der Waals surface area contributed by atoms with E-state index >= 15 is 0 Å². The summed E-state index contributed by atoms with van der Waals surface area (Å²) in [6, 6.07) is 0. The van der Waals surface area contributed by atoms with Gasteiger partial charge in [-0.15, -0.1) is 11.8 Å². The zero-order valence-electron chi connectivity index (χ0n) is 10.2. The normalized spacial score (nSPS) is 11.2. The Morgan fingerprint density at radius 1 is 1.38 bits per heavy atom. The highest BCUT2D eigenvalue weighted by atomic mass is 32.2. The molecule has 0 amide bonds. The van der Waals surface area contributed by atoms with E-state index in [-0.39, 0.29) is 6.29 Å². The standard InChI is InChI=1S/C11H20N2O2S/c1-4-14-11(15-5-2)6-7-16-10-8-12-13(3)9-10/h8-9,11H,4-7H2,1-3H3. The second-order valence-electron chi connectivity index (χ2n) is 3.33. The van der Waals surface area contributed by atoms with Gasteiger partial charge in [0.2, 0.25) is 0 Å². The summed E-state index contributed by atoms with van der Waals surface area (Å²) in [5.41, 5.74) is 0. The summed E-state index contributed by atoms with van der Waals surface area (Å²) < 4.78 is 12.7. The largest absolute Gasteiger partial charge is 0.353 e. The minimum absolute atomic E-state index is 0.0702. The van der Waals surface area contributed by atoms with E-state index in [2.05, 4.69) is 5.10 Å². The van der Waals surface area contributed by atoms with Crippen LogP contribution >= 0.6 is 11.8 Å². The van der Waals surface area contributed by atoms with Crippen molar-refractivity contribution in [1.82, 2.24) is 9.78 Å². The van der Waals surface area contributed by atoms with Gasteiger partial charge < -0.3 is 9.47 Å². The van der Waals surface area contributed by atoms with Gasteiger partial charge in [-0.2, -0.15) is 5.10 Å². The highest BCUT2D eigenvalue weighted by Crippen LogP contribution is 2.18. The van der Waals surface area contributed by atoms with Crippen LogP contribution in [0.25, 0.3) is 0 Å². The van der Waals surface area contributed by atoms with Gasteiger partial charge in [-0.25, -0.2) is 0 Å². The molecular weight excluding hydrogens is 224 g/mol. The van der Waals surface area contributed by atoms with Crippen LogP contribution in [0, 0.1) is 0 Å². The molecule has 1 aromatic heterocycles. The summed E-state index contributed by atoms with van der Waals surface area (Å²) >= 11 is 1.78. The van der Waals surface area contributed by atoms with Gasteiger partial charge in [0.05, 0.1) is 6.20 Å². The lowest BCUT2D eigenvalue weighted by atomic mass is 10.5. The Hall–Kier alpha value is -0.520. The molecule has 0 bridgehead atoms. The molecule has 0 spiro atoms. The average Bonchev–Trinajstić information content (AvgIpc) is 2.65. The van der Waals surface area contributed by atoms with Crippen LogP contribution in [-0.2, 0) is 16.5 Å². The second-order valence-corrected chi connectivity index (χ2v) is 4.50. The second kappa shape index (κ2) is 7.70. The number of hydrogen-bond acceptors (Lipinski definition) is 4. The third kappa shape index (κ3) is 5.01. The Bertz CT molecular complexity index is 285. The molecular formula is C11H20N2O2S. The molecule has 1 rings (SSSR count). The van der Waals surface area contributed by atoms with Crippen molar-refractivity contribution in [1.29, 1.82) is 0 Å². The van der Waals surface area contributed by atoms with E-state index in [1.165, 1.54) is 4.90 Å². The third-order valence-corrected chi connectivity index (χ3v) is 2.99. The minimum atomic E-state index is -0.0702. The van der Waals surface area contributed by atoms with Crippen LogP contribution in [0.4, 0.5) is 0 Å². The van der Waals surface area contributed by atoms with Crippen molar-refractivity contribution in [2.45, 2.75) is 31.5 Å². The van der Waals surface area contributed by atoms with Crippen molar-refractivity contribution in [2.24, 2.45) is 7.05 Å². The summed E-state index contributed by atoms with van der Waals surface area (Å²) in [5, 5.41) is 4.12. The van der Waals surface area contributed by atoms with E-state index < -0.39 is 0 Å². The molecule has 0 aliphatic heterocycles. The first-order valence-electron chi connectivity index (χ1n) is 5.60. The van der Waals surface area contributed by atoms with Gasteiger partial charge >= 0.3 is 0 Å². The minimum Gasteiger partial charge on any atom is -0.353 e. The van der Waals surface area contributed by atoms with Crippen LogP contribution in [0.5, 0.6) is 0 Å². The fourth-order valence-corrected chi connectivity index (χ4v) is 2.23. The van der Waals surface area contributed by atoms with Crippen molar-refractivity contribution < 1.29 is 9.47 Å². The van der Waals surface area contributed by atoms with E-state index in [1.807, 2.05) is 38.0 Å². The predicted molar refractivity (Wildman–Crippen MR) is 65.6 cm³/mol. The molecule has 0 unspecified atom stereocenters. The van der Waals surface area contributed by atoms with Gasteiger partial charge in [0, 0.05) is 43.5 Å². The summed E-state index contributed by atoms with van der Waals surface area (Å²) in [6.45, 7) is 5.37. The molecule has 0 N–H and O–H groups in total. The highest BCUT2D eigenvalue weighted by Gasteiger charge is 2.07. The first kappa shape index (κ1) is 13.5. The number of aromatic nitrogens is 2. The summed E-state index contributed by atoms with van der Waals surface area (Å²) in [7, 11) is 1.92. The SMILES string of the molecule is CCOC(CCSc1cnn(C)c1)OCC. The van der Waals surface area contributed by atoms with Crippen LogP contribution in [0.2, 0.25) is 0 Å². The zero-order chi connectivity index (χ0) is 11.8. The van der Waals surface area contributed by atoms with Gasteiger partial charge in [0.25, 0.3) is 0 Å². The molecule has 0 radical (unpaired) electrons. The van der Waals surface area contributed by atoms with Gasteiger partial charge in [-0.3, -0.25) is 4.68 Å². The lowest BCUT2D eigenvalue weighted by Crippen LogP contribution is -2.18. The summed E-state index contributed by atoms with van der Waals surface area (Å²) in [4.78, 5) is 1.19. The molecule has 0 aromatic carbocycles. The third-order valence-electron chi connectivity index (χ3n) is 2.01. The quantitative estimate of drug-likeness (QED) is 0.519. The number of ether oxygens (including phenoxy) is 2. The van der Waals surface area contributed by atoms with Crippen molar-refractivity contribution in [3.8, 4) is 0 Å². The Morgan fingerprint density at radius 3 is 2.56 bits per heavy atom. The van der Waals surface area contributed by atoms with Gasteiger partial charge in [0.15, 0.2) is 6.29 Å². The van der Waals surface area contributed by atoms with Crippen LogP contribution < -0.4 is 0 Å². The van der Waals surface area contributed by atoms with Crippen LogP contribution in [-0.4, -0.2) is 35.0 Å². The van der Waals surface area contributed by atoms with E-state index in [4.69, 9.17) is 9.47 Å². The summed E-state index contributed by atoms with van der Waals surface area (Å²) in [5.74, 6) is 0.982. The number of rotatable bonds is 8. The number of hydrogen-bond donors (Lipinski definition) is 0. The molecule has 92 valence electrons. The lowest BCUT2D eigenvalue weighted by molar-refractivity contribution is -0.136. The first-order valence-corrected chi connectivity index (χ1v) is 6.59. The van der Waals surface area contributed by atoms with E-state index in [0.29, 0.717) is 13.2 Å². The Kier molecular flexibility index (Phi) is 6.52. The van der Waals surface area contributed by atoms with E-state index in [0.717, 1.165) is 12.2 Å². The molecule has 0 atom stereocenters. The van der Waals surface area contributed by atoms with Crippen LogP contribution in [0.15, 0.2) is 17.3 Å². The topological polar surface area (TPSA) is 36.3 Å². The predicted octanol–water partition coefficient (Wildman–Crippen LogP) is 2.30. The Morgan fingerprint density at radius 2 is 2.06 bits per heavy atom. The number of thioether (sulfide) groups is 1. The molecule has 0 aliphatic rings.